The average molecular weight is 438 g/mol. The third-order valence-electron chi connectivity index (χ3n) is 6.33. The lowest BCUT2D eigenvalue weighted by molar-refractivity contribution is 0.481. The molecule has 1 aromatic carbocycles. The van der Waals surface area contributed by atoms with Gasteiger partial charge in [-0.2, -0.15) is 5.10 Å². The van der Waals surface area contributed by atoms with Crippen LogP contribution in [-0.4, -0.2) is 9.78 Å². The molecule has 0 radical (unpaired) electrons. The second kappa shape index (κ2) is 10.4. The molecule has 170 valence electrons. The Kier molecular flexibility index (Phi) is 7.36. The van der Waals surface area contributed by atoms with Crippen LogP contribution in [0.15, 0.2) is 60.0 Å². The molecule has 1 N–H and O–H groups in total. The van der Waals surface area contributed by atoms with Crippen molar-refractivity contribution in [2.45, 2.75) is 71.5 Å². The molecule has 4 rings (SSSR count). The number of rotatable bonds is 8. The summed E-state index contributed by atoms with van der Waals surface area (Å²) in [5, 5.41) is 8.46. The van der Waals surface area contributed by atoms with E-state index in [9.17, 15) is 8.78 Å². The molecule has 3 nitrogen and oxygen atoms in total. The van der Waals surface area contributed by atoms with Crippen LogP contribution in [0.1, 0.15) is 75.4 Å². The van der Waals surface area contributed by atoms with E-state index in [1.807, 2.05) is 22.9 Å². The van der Waals surface area contributed by atoms with Crippen LogP contribution in [0.3, 0.4) is 0 Å². The minimum Gasteiger partial charge on any atom is -0.305 e. The van der Waals surface area contributed by atoms with E-state index in [0.717, 1.165) is 43.5 Å². The molecule has 5 heteroatoms. The molecule has 1 aliphatic heterocycles. The Hall–Kier alpha value is -2.53. The molecule has 2 aliphatic rings. The molecule has 1 fully saturated rings. The van der Waals surface area contributed by atoms with E-state index in [-0.39, 0.29) is 17.7 Å². The van der Waals surface area contributed by atoms with Crippen LogP contribution in [0.25, 0.3) is 5.57 Å². The Balaban J connectivity index is 1.62. The van der Waals surface area contributed by atoms with Crippen LogP contribution in [0.4, 0.5) is 8.78 Å². The van der Waals surface area contributed by atoms with E-state index in [2.05, 4.69) is 24.4 Å². The second-order valence-electron chi connectivity index (χ2n) is 8.81. The molecule has 1 aromatic heterocycles. The summed E-state index contributed by atoms with van der Waals surface area (Å²) in [6.45, 7) is 5.35. The van der Waals surface area contributed by atoms with Crippen LogP contribution in [0.5, 0.6) is 0 Å². The topological polar surface area (TPSA) is 29.9 Å². The molecule has 1 saturated carbocycles. The quantitative estimate of drug-likeness (QED) is 0.449. The van der Waals surface area contributed by atoms with E-state index in [0.29, 0.717) is 23.7 Å². The molecule has 0 bridgehead atoms. The number of aryl methyl sites for hydroxylation is 1. The minimum atomic E-state index is -0.225. The number of nitrogens with one attached hydrogen (secondary N) is 1. The summed E-state index contributed by atoms with van der Waals surface area (Å²) in [6, 6.07) is 8.79. The van der Waals surface area contributed by atoms with E-state index >= 15 is 0 Å². The summed E-state index contributed by atoms with van der Waals surface area (Å²) < 4.78 is 30.2. The Bertz CT molecular complexity index is 1010. The summed E-state index contributed by atoms with van der Waals surface area (Å²) in [5.74, 6) is 0.107. The highest BCUT2D eigenvalue weighted by molar-refractivity contribution is 5.77. The van der Waals surface area contributed by atoms with E-state index < -0.39 is 0 Å². The first kappa shape index (κ1) is 22.7. The lowest BCUT2D eigenvalue weighted by Gasteiger charge is -2.17. The first-order valence-electron chi connectivity index (χ1n) is 11.9. The van der Waals surface area contributed by atoms with Crippen LogP contribution in [-0.2, 0) is 13.1 Å². The van der Waals surface area contributed by atoms with Gasteiger partial charge in [0.25, 0.3) is 0 Å². The van der Waals surface area contributed by atoms with Crippen molar-refractivity contribution in [3.8, 4) is 0 Å². The van der Waals surface area contributed by atoms with Gasteiger partial charge in [0, 0.05) is 24.7 Å². The molecule has 1 unspecified atom stereocenters. The average Bonchev–Trinajstić information content (AvgIpc) is 3.59. The fourth-order valence-corrected chi connectivity index (χ4v) is 4.41. The second-order valence-corrected chi connectivity index (χ2v) is 8.81. The normalized spacial score (nSPS) is 20.2. The first-order valence-corrected chi connectivity index (χ1v) is 11.9. The van der Waals surface area contributed by atoms with Crippen molar-refractivity contribution in [1.82, 2.24) is 15.1 Å². The number of allylic oxidation sites excluding steroid dienone is 6. The van der Waals surface area contributed by atoms with Gasteiger partial charge in [-0.25, -0.2) is 8.78 Å². The predicted octanol–water partition coefficient (Wildman–Crippen LogP) is 7.04. The van der Waals surface area contributed by atoms with Crippen LogP contribution < -0.4 is 5.32 Å². The number of benzene rings is 1. The van der Waals surface area contributed by atoms with Crippen molar-refractivity contribution in [2.24, 2.45) is 5.92 Å². The van der Waals surface area contributed by atoms with Gasteiger partial charge in [-0.05, 0) is 86.8 Å². The summed E-state index contributed by atoms with van der Waals surface area (Å²) in [6.07, 6.45) is 12.2. The van der Waals surface area contributed by atoms with E-state index in [1.54, 1.807) is 6.92 Å². The molecule has 1 atom stereocenters. The zero-order chi connectivity index (χ0) is 22.5. The molecule has 1 aliphatic carbocycles. The van der Waals surface area contributed by atoms with Gasteiger partial charge in [-0.1, -0.05) is 31.2 Å². The predicted molar refractivity (Wildman–Crippen MR) is 126 cm³/mol. The lowest BCUT2D eigenvalue weighted by Crippen LogP contribution is -2.22. The summed E-state index contributed by atoms with van der Waals surface area (Å²) in [7, 11) is 0. The van der Waals surface area contributed by atoms with Crippen LogP contribution >= 0.6 is 0 Å². The van der Waals surface area contributed by atoms with Crippen molar-refractivity contribution in [2.75, 3.05) is 0 Å². The fourth-order valence-electron chi connectivity index (χ4n) is 4.41. The van der Waals surface area contributed by atoms with Gasteiger partial charge in [-0.15, -0.1) is 0 Å². The molecular formula is C27H33F2N3. The van der Waals surface area contributed by atoms with Gasteiger partial charge in [-0.3, -0.25) is 4.68 Å². The Morgan fingerprint density at radius 2 is 1.97 bits per heavy atom. The highest BCUT2D eigenvalue weighted by Gasteiger charge is 2.27. The number of hydrogen-bond donors (Lipinski definition) is 1. The van der Waals surface area contributed by atoms with Gasteiger partial charge in [0.05, 0.1) is 11.4 Å². The maximum absolute atomic E-state index is 15.0. The summed E-state index contributed by atoms with van der Waals surface area (Å²) in [5.41, 5.74) is 4.66. The SMILES string of the molecule is C\C=C(F)/C(=C\C(=C\CC)C1CC1)c1cc2n(n1)CCCCC2NCc1ccc(F)cc1. The standard InChI is InChI=1S/C27H33F2N3/c1-3-7-21(20-11-12-20)16-23(24(29)4-2)26-17-27-25(8-5-6-15-32(27)31-26)30-18-19-9-13-22(28)14-10-19/h4,7,9-10,13-14,16-17,20,25,30H,3,5-6,8,11-12,15,18H2,1-2H3/b21-7-,23-16+,24-4+. The number of fused-ring (bicyclic) bond motifs is 1. The number of halogens is 2. The highest BCUT2D eigenvalue weighted by atomic mass is 19.1. The Labute approximate surface area is 189 Å². The number of aromatic nitrogens is 2. The van der Waals surface area contributed by atoms with Gasteiger partial charge in [0.2, 0.25) is 0 Å². The lowest BCUT2D eigenvalue weighted by atomic mass is 10.0. The highest BCUT2D eigenvalue weighted by Crippen LogP contribution is 2.40. The summed E-state index contributed by atoms with van der Waals surface area (Å²) in [4.78, 5) is 0. The van der Waals surface area contributed by atoms with Gasteiger partial charge in [0.1, 0.15) is 11.6 Å². The van der Waals surface area contributed by atoms with Crippen molar-refractivity contribution < 1.29 is 8.78 Å². The molecule has 0 spiro atoms. The van der Waals surface area contributed by atoms with Crippen LogP contribution in [0.2, 0.25) is 0 Å². The molecular weight excluding hydrogens is 404 g/mol. The van der Waals surface area contributed by atoms with Crippen molar-refractivity contribution >= 4 is 5.57 Å². The third kappa shape index (κ3) is 5.44. The Morgan fingerprint density at radius 3 is 2.66 bits per heavy atom. The zero-order valence-electron chi connectivity index (χ0n) is 19.1. The number of nitrogens with zero attached hydrogens (tertiary/aromatic N) is 2. The number of hydrogen-bond acceptors (Lipinski definition) is 2. The Morgan fingerprint density at radius 1 is 1.19 bits per heavy atom. The van der Waals surface area contributed by atoms with E-state index in [1.165, 1.54) is 36.6 Å². The maximum Gasteiger partial charge on any atom is 0.128 e. The fraction of sp³-hybridized carbons (Fsp3) is 0.444. The van der Waals surface area contributed by atoms with Gasteiger partial charge >= 0.3 is 0 Å². The van der Waals surface area contributed by atoms with Crippen molar-refractivity contribution in [3.05, 3.63) is 82.7 Å². The summed E-state index contributed by atoms with van der Waals surface area (Å²) >= 11 is 0. The maximum atomic E-state index is 15.0. The van der Waals surface area contributed by atoms with Gasteiger partial charge in [0.15, 0.2) is 0 Å². The van der Waals surface area contributed by atoms with Crippen molar-refractivity contribution in [3.63, 3.8) is 0 Å². The monoisotopic (exact) mass is 437 g/mol. The minimum absolute atomic E-state index is 0.132. The molecule has 0 saturated heterocycles. The zero-order valence-corrected chi connectivity index (χ0v) is 19.1. The van der Waals surface area contributed by atoms with E-state index in [4.69, 9.17) is 5.10 Å². The first-order chi connectivity index (χ1) is 15.6. The largest absolute Gasteiger partial charge is 0.305 e. The van der Waals surface area contributed by atoms with Crippen molar-refractivity contribution in [1.29, 1.82) is 0 Å². The molecule has 2 aromatic rings. The molecule has 32 heavy (non-hydrogen) atoms. The molecule has 0 amide bonds. The smallest absolute Gasteiger partial charge is 0.128 e. The third-order valence-corrected chi connectivity index (χ3v) is 6.33. The molecule has 2 heterocycles. The van der Waals surface area contributed by atoms with Gasteiger partial charge < -0.3 is 5.32 Å². The van der Waals surface area contributed by atoms with Crippen LogP contribution in [0, 0.1) is 11.7 Å².